The standard InChI is InChI=1S/C13H17N5O/c1-9-12(16-8-15-9)13(19)17-11-6-10(4-5-14-11)7-18(2)3/h4-6,8H,7H2,1-3H3,(H,15,16)(H,14,17,19). The van der Waals surface area contributed by atoms with Crippen molar-refractivity contribution in [1.82, 2.24) is 19.9 Å². The molecule has 0 atom stereocenters. The Morgan fingerprint density at radius 1 is 1.42 bits per heavy atom. The van der Waals surface area contributed by atoms with Crippen molar-refractivity contribution < 1.29 is 4.79 Å². The van der Waals surface area contributed by atoms with Crippen molar-refractivity contribution in [2.24, 2.45) is 0 Å². The van der Waals surface area contributed by atoms with Gasteiger partial charge in [-0.05, 0) is 38.7 Å². The van der Waals surface area contributed by atoms with Crippen LogP contribution in [-0.4, -0.2) is 39.9 Å². The van der Waals surface area contributed by atoms with Gasteiger partial charge >= 0.3 is 0 Å². The third kappa shape index (κ3) is 3.38. The van der Waals surface area contributed by atoms with E-state index in [0.29, 0.717) is 11.5 Å². The predicted octanol–water partition coefficient (Wildman–Crippen LogP) is 1.43. The SMILES string of the molecule is Cc1[nH]cnc1C(=O)Nc1cc(CN(C)C)ccn1. The molecule has 0 saturated heterocycles. The van der Waals surface area contributed by atoms with Crippen LogP contribution in [0.15, 0.2) is 24.7 Å². The first kappa shape index (κ1) is 13.2. The number of hydrogen-bond donors (Lipinski definition) is 2. The average molecular weight is 259 g/mol. The molecule has 0 radical (unpaired) electrons. The summed E-state index contributed by atoms with van der Waals surface area (Å²) < 4.78 is 0. The van der Waals surface area contributed by atoms with Crippen molar-refractivity contribution in [2.45, 2.75) is 13.5 Å². The molecule has 19 heavy (non-hydrogen) atoms. The quantitative estimate of drug-likeness (QED) is 0.871. The zero-order chi connectivity index (χ0) is 13.8. The Morgan fingerprint density at radius 3 is 2.84 bits per heavy atom. The smallest absolute Gasteiger partial charge is 0.277 e. The molecular weight excluding hydrogens is 242 g/mol. The molecule has 2 aromatic rings. The lowest BCUT2D eigenvalue weighted by molar-refractivity contribution is 0.102. The Labute approximate surface area is 111 Å². The topological polar surface area (TPSA) is 73.9 Å². The Hall–Kier alpha value is -2.21. The summed E-state index contributed by atoms with van der Waals surface area (Å²) in [6.45, 7) is 2.60. The molecule has 100 valence electrons. The number of aromatic nitrogens is 3. The number of carbonyl (C=O) groups excluding carboxylic acids is 1. The van der Waals surface area contributed by atoms with E-state index < -0.39 is 0 Å². The van der Waals surface area contributed by atoms with E-state index in [2.05, 4.69) is 25.2 Å². The molecule has 0 unspecified atom stereocenters. The Kier molecular flexibility index (Phi) is 3.91. The van der Waals surface area contributed by atoms with E-state index in [0.717, 1.165) is 17.8 Å². The van der Waals surface area contributed by atoms with Crippen molar-refractivity contribution in [3.8, 4) is 0 Å². The summed E-state index contributed by atoms with van der Waals surface area (Å²) in [4.78, 5) is 25.0. The number of rotatable bonds is 4. The molecule has 2 aromatic heterocycles. The predicted molar refractivity (Wildman–Crippen MR) is 72.9 cm³/mol. The lowest BCUT2D eigenvalue weighted by Gasteiger charge is -2.10. The van der Waals surface area contributed by atoms with Gasteiger partial charge in [0.2, 0.25) is 0 Å². The Balaban J connectivity index is 2.11. The molecule has 0 saturated carbocycles. The number of hydrogen-bond acceptors (Lipinski definition) is 4. The molecule has 2 heterocycles. The molecule has 0 aliphatic heterocycles. The average Bonchev–Trinajstić information content (AvgIpc) is 2.75. The fourth-order valence-electron chi connectivity index (χ4n) is 1.77. The second-order valence-corrected chi connectivity index (χ2v) is 4.62. The van der Waals surface area contributed by atoms with Crippen LogP contribution in [-0.2, 0) is 6.54 Å². The van der Waals surface area contributed by atoms with Gasteiger partial charge in [-0.1, -0.05) is 0 Å². The summed E-state index contributed by atoms with van der Waals surface area (Å²) in [5.74, 6) is 0.278. The van der Waals surface area contributed by atoms with Crippen LogP contribution in [0.1, 0.15) is 21.7 Å². The van der Waals surface area contributed by atoms with Crippen LogP contribution in [0.25, 0.3) is 0 Å². The van der Waals surface area contributed by atoms with Gasteiger partial charge in [0.15, 0.2) is 0 Å². The fourth-order valence-corrected chi connectivity index (χ4v) is 1.77. The van der Waals surface area contributed by atoms with Gasteiger partial charge in [0, 0.05) is 18.4 Å². The summed E-state index contributed by atoms with van der Waals surface area (Å²) in [6.07, 6.45) is 3.19. The van der Waals surface area contributed by atoms with E-state index in [1.165, 1.54) is 6.33 Å². The minimum atomic E-state index is -0.256. The molecule has 6 heteroatoms. The third-order valence-electron chi connectivity index (χ3n) is 2.61. The molecule has 0 spiro atoms. The molecular formula is C13H17N5O. The minimum Gasteiger partial charge on any atom is -0.348 e. The first-order valence-corrected chi connectivity index (χ1v) is 5.97. The Bertz CT molecular complexity index is 576. The number of carbonyl (C=O) groups is 1. The lowest BCUT2D eigenvalue weighted by atomic mass is 10.2. The molecule has 0 bridgehead atoms. The van der Waals surface area contributed by atoms with Crippen LogP contribution in [0, 0.1) is 6.92 Å². The van der Waals surface area contributed by atoms with Gasteiger partial charge in [0.05, 0.1) is 6.33 Å². The van der Waals surface area contributed by atoms with Crippen molar-refractivity contribution >= 4 is 11.7 Å². The first-order valence-electron chi connectivity index (χ1n) is 5.97. The number of imidazole rings is 1. The van der Waals surface area contributed by atoms with Crippen molar-refractivity contribution in [2.75, 3.05) is 19.4 Å². The van der Waals surface area contributed by atoms with E-state index in [9.17, 15) is 4.79 Å². The monoisotopic (exact) mass is 259 g/mol. The van der Waals surface area contributed by atoms with Crippen LogP contribution < -0.4 is 5.32 Å². The molecule has 0 aliphatic rings. The van der Waals surface area contributed by atoms with E-state index in [-0.39, 0.29) is 5.91 Å². The molecule has 0 fully saturated rings. The van der Waals surface area contributed by atoms with E-state index in [4.69, 9.17) is 0 Å². The highest BCUT2D eigenvalue weighted by molar-refractivity contribution is 6.03. The van der Waals surface area contributed by atoms with Crippen LogP contribution in [0.2, 0.25) is 0 Å². The zero-order valence-corrected chi connectivity index (χ0v) is 11.3. The van der Waals surface area contributed by atoms with Crippen molar-refractivity contribution in [3.05, 3.63) is 41.6 Å². The molecule has 6 nitrogen and oxygen atoms in total. The second-order valence-electron chi connectivity index (χ2n) is 4.62. The maximum atomic E-state index is 12.0. The molecule has 0 aromatic carbocycles. The van der Waals surface area contributed by atoms with Gasteiger partial charge in [-0.25, -0.2) is 9.97 Å². The minimum absolute atomic E-state index is 0.256. The molecule has 2 N–H and O–H groups in total. The van der Waals surface area contributed by atoms with Crippen molar-refractivity contribution in [3.63, 3.8) is 0 Å². The van der Waals surface area contributed by atoms with Gasteiger partial charge in [-0.2, -0.15) is 0 Å². The molecule has 0 aliphatic carbocycles. The highest BCUT2D eigenvalue weighted by atomic mass is 16.2. The van der Waals surface area contributed by atoms with Crippen LogP contribution in [0.5, 0.6) is 0 Å². The maximum Gasteiger partial charge on any atom is 0.277 e. The van der Waals surface area contributed by atoms with E-state index in [1.807, 2.05) is 26.2 Å². The fraction of sp³-hybridized carbons (Fsp3) is 0.308. The van der Waals surface area contributed by atoms with Crippen LogP contribution >= 0.6 is 0 Å². The summed E-state index contributed by atoms with van der Waals surface area (Å²) in [5.41, 5.74) is 2.22. The normalized spacial score (nSPS) is 10.7. The number of nitrogens with zero attached hydrogens (tertiary/aromatic N) is 3. The van der Waals surface area contributed by atoms with Gasteiger partial charge in [0.25, 0.3) is 5.91 Å². The number of aryl methyl sites for hydroxylation is 1. The van der Waals surface area contributed by atoms with Gasteiger partial charge in [-0.15, -0.1) is 0 Å². The lowest BCUT2D eigenvalue weighted by Crippen LogP contribution is -2.15. The number of aromatic amines is 1. The van der Waals surface area contributed by atoms with Gasteiger partial charge in [-0.3, -0.25) is 4.79 Å². The zero-order valence-electron chi connectivity index (χ0n) is 11.3. The third-order valence-corrected chi connectivity index (χ3v) is 2.61. The van der Waals surface area contributed by atoms with Crippen molar-refractivity contribution in [1.29, 1.82) is 0 Å². The highest BCUT2D eigenvalue weighted by Gasteiger charge is 2.12. The maximum absolute atomic E-state index is 12.0. The van der Waals surface area contributed by atoms with Crippen LogP contribution in [0.3, 0.4) is 0 Å². The van der Waals surface area contributed by atoms with Gasteiger partial charge in [0.1, 0.15) is 11.5 Å². The Morgan fingerprint density at radius 2 is 2.21 bits per heavy atom. The first-order chi connectivity index (χ1) is 9.06. The summed E-state index contributed by atoms with van der Waals surface area (Å²) in [6, 6.07) is 3.79. The second kappa shape index (κ2) is 5.62. The number of H-pyrrole nitrogens is 1. The number of amides is 1. The largest absolute Gasteiger partial charge is 0.348 e. The summed E-state index contributed by atoms with van der Waals surface area (Å²) in [5, 5.41) is 2.75. The van der Waals surface area contributed by atoms with E-state index >= 15 is 0 Å². The van der Waals surface area contributed by atoms with E-state index in [1.54, 1.807) is 13.1 Å². The van der Waals surface area contributed by atoms with Crippen LogP contribution in [0.4, 0.5) is 5.82 Å². The number of nitrogens with one attached hydrogen (secondary N) is 2. The number of pyridine rings is 1. The summed E-state index contributed by atoms with van der Waals surface area (Å²) >= 11 is 0. The van der Waals surface area contributed by atoms with Gasteiger partial charge < -0.3 is 15.2 Å². The number of anilines is 1. The summed E-state index contributed by atoms with van der Waals surface area (Å²) in [7, 11) is 3.98. The molecule has 2 rings (SSSR count). The highest BCUT2D eigenvalue weighted by Crippen LogP contribution is 2.10. The molecule has 1 amide bonds.